The summed E-state index contributed by atoms with van der Waals surface area (Å²) in [6.07, 6.45) is 0. The molecular weight excluding hydrogens is 428 g/mol. The molecule has 0 aliphatic heterocycles. The van der Waals surface area contributed by atoms with Gasteiger partial charge in [0.2, 0.25) is 21.8 Å². The first-order valence-corrected chi connectivity index (χ1v) is 11.1. The lowest BCUT2D eigenvalue weighted by Gasteiger charge is -2.19. The van der Waals surface area contributed by atoms with E-state index in [1.165, 1.54) is 27.3 Å². The van der Waals surface area contributed by atoms with E-state index in [9.17, 15) is 13.2 Å². The first-order chi connectivity index (χ1) is 14.3. The summed E-state index contributed by atoms with van der Waals surface area (Å²) < 4.78 is 26.9. The van der Waals surface area contributed by atoms with Gasteiger partial charge in [-0.15, -0.1) is 10.2 Å². The number of carbonyl (C=O) groups is 1. The number of carbonyl (C=O) groups excluding carboxylic acids is 1. The molecule has 1 N–H and O–H groups in total. The maximum absolute atomic E-state index is 12.8. The molecule has 0 aliphatic rings. The molecule has 1 amide bonds. The Labute approximate surface area is 179 Å². The summed E-state index contributed by atoms with van der Waals surface area (Å²) in [6, 6.07) is 13.6. The Morgan fingerprint density at radius 2 is 1.83 bits per heavy atom. The molecule has 3 rings (SSSR count). The van der Waals surface area contributed by atoms with E-state index in [1.807, 2.05) is 30.3 Å². The maximum atomic E-state index is 12.8. The number of tetrazole rings is 1. The Morgan fingerprint density at radius 3 is 2.50 bits per heavy atom. The van der Waals surface area contributed by atoms with Crippen LogP contribution in [-0.4, -0.2) is 51.9 Å². The minimum Gasteiger partial charge on any atom is -0.324 e. The molecule has 9 nitrogen and oxygen atoms in total. The van der Waals surface area contributed by atoms with Crippen LogP contribution in [0.3, 0.4) is 0 Å². The van der Waals surface area contributed by atoms with E-state index in [4.69, 9.17) is 11.6 Å². The van der Waals surface area contributed by atoms with Crippen LogP contribution in [0.25, 0.3) is 11.4 Å². The molecule has 0 saturated carbocycles. The number of rotatable bonds is 8. The second kappa shape index (κ2) is 9.33. The summed E-state index contributed by atoms with van der Waals surface area (Å²) in [6.45, 7) is 3.94. The zero-order valence-corrected chi connectivity index (χ0v) is 18.1. The van der Waals surface area contributed by atoms with Crippen LogP contribution in [0, 0.1) is 0 Å². The monoisotopic (exact) mass is 448 g/mol. The van der Waals surface area contributed by atoms with Crippen molar-refractivity contribution in [2.24, 2.45) is 0 Å². The lowest BCUT2D eigenvalue weighted by atomic mass is 10.2. The number of nitrogens with zero attached hydrogens (tertiary/aromatic N) is 5. The molecule has 3 aromatic rings. The molecule has 30 heavy (non-hydrogen) atoms. The lowest BCUT2D eigenvalue weighted by molar-refractivity contribution is -0.117. The highest BCUT2D eigenvalue weighted by Crippen LogP contribution is 2.27. The van der Waals surface area contributed by atoms with Crippen molar-refractivity contribution in [2.75, 3.05) is 18.4 Å². The number of anilines is 1. The molecule has 158 valence electrons. The van der Waals surface area contributed by atoms with Gasteiger partial charge in [-0.2, -0.15) is 9.10 Å². The SMILES string of the molecule is CCN(CC)S(=O)(=O)c1cc(NC(=O)Cn2nnc(-c3ccccc3)n2)ccc1Cl. The van der Waals surface area contributed by atoms with Gasteiger partial charge in [0.1, 0.15) is 11.4 Å². The van der Waals surface area contributed by atoms with Crippen LogP contribution in [0.2, 0.25) is 5.02 Å². The normalized spacial score (nSPS) is 11.6. The molecule has 0 unspecified atom stereocenters. The van der Waals surface area contributed by atoms with Gasteiger partial charge >= 0.3 is 0 Å². The van der Waals surface area contributed by atoms with Crippen LogP contribution >= 0.6 is 11.6 Å². The summed E-state index contributed by atoms with van der Waals surface area (Å²) in [4.78, 5) is 13.5. The molecule has 0 spiro atoms. The van der Waals surface area contributed by atoms with Gasteiger partial charge in [-0.3, -0.25) is 4.79 Å². The highest BCUT2D eigenvalue weighted by atomic mass is 35.5. The maximum Gasteiger partial charge on any atom is 0.248 e. The molecule has 0 radical (unpaired) electrons. The van der Waals surface area contributed by atoms with E-state index in [2.05, 4.69) is 20.7 Å². The van der Waals surface area contributed by atoms with E-state index in [0.717, 1.165) is 5.56 Å². The summed E-state index contributed by atoms with van der Waals surface area (Å²) in [5.41, 5.74) is 1.09. The summed E-state index contributed by atoms with van der Waals surface area (Å²) >= 11 is 6.12. The van der Waals surface area contributed by atoms with Crippen LogP contribution in [0.4, 0.5) is 5.69 Å². The quantitative estimate of drug-likeness (QED) is 0.567. The van der Waals surface area contributed by atoms with Crippen LogP contribution < -0.4 is 5.32 Å². The average molecular weight is 449 g/mol. The first kappa shape index (κ1) is 21.9. The van der Waals surface area contributed by atoms with Crippen LogP contribution in [-0.2, 0) is 21.4 Å². The highest BCUT2D eigenvalue weighted by molar-refractivity contribution is 7.89. The molecule has 1 heterocycles. The zero-order valence-electron chi connectivity index (χ0n) is 16.5. The van der Waals surface area contributed by atoms with Gasteiger partial charge in [-0.1, -0.05) is 55.8 Å². The van der Waals surface area contributed by atoms with Gasteiger partial charge in [-0.05, 0) is 23.4 Å². The molecular formula is C19H21ClN6O3S. The standard InChI is InChI=1S/C19H21ClN6O3S/c1-3-25(4-2)30(28,29)17-12-15(10-11-16(17)20)21-18(27)13-26-23-19(22-24-26)14-8-6-5-7-9-14/h5-12H,3-4,13H2,1-2H3,(H,21,27). The third kappa shape index (κ3) is 4.84. The summed E-state index contributed by atoms with van der Waals surface area (Å²) in [5, 5.41) is 14.7. The first-order valence-electron chi connectivity index (χ1n) is 9.28. The fourth-order valence-electron chi connectivity index (χ4n) is 2.82. The number of hydrogen-bond donors (Lipinski definition) is 1. The molecule has 0 saturated heterocycles. The van der Waals surface area contributed by atoms with Crippen LogP contribution in [0.1, 0.15) is 13.8 Å². The third-order valence-electron chi connectivity index (χ3n) is 4.31. The number of hydrogen-bond acceptors (Lipinski definition) is 6. The Morgan fingerprint density at radius 1 is 1.13 bits per heavy atom. The average Bonchev–Trinajstić information content (AvgIpc) is 3.19. The Balaban J connectivity index is 1.74. The number of benzene rings is 2. The smallest absolute Gasteiger partial charge is 0.248 e. The van der Waals surface area contributed by atoms with Gasteiger partial charge in [-0.25, -0.2) is 8.42 Å². The van der Waals surface area contributed by atoms with E-state index in [0.29, 0.717) is 24.6 Å². The topological polar surface area (TPSA) is 110 Å². The minimum atomic E-state index is -3.77. The number of amides is 1. The van der Waals surface area contributed by atoms with Crippen molar-refractivity contribution in [2.45, 2.75) is 25.3 Å². The molecule has 0 fully saturated rings. The van der Waals surface area contributed by atoms with Crippen LogP contribution in [0.5, 0.6) is 0 Å². The van der Waals surface area contributed by atoms with Gasteiger partial charge in [0, 0.05) is 24.3 Å². The van der Waals surface area contributed by atoms with Crippen molar-refractivity contribution in [1.82, 2.24) is 24.5 Å². The number of nitrogens with one attached hydrogen (secondary N) is 1. The summed E-state index contributed by atoms with van der Waals surface area (Å²) in [7, 11) is -3.77. The molecule has 11 heteroatoms. The summed E-state index contributed by atoms with van der Waals surface area (Å²) in [5.74, 6) is -0.0250. The predicted octanol–water partition coefficient (Wildman–Crippen LogP) is 2.66. The van der Waals surface area contributed by atoms with E-state index in [1.54, 1.807) is 13.8 Å². The highest BCUT2D eigenvalue weighted by Gasteiger charge is 2.25. The van der Waals surface area contributed by atoms with Gasteiger partial charge < -0.3 is 5.32 Å². The predicted molar refractivity (Wildman–Crippen MR) is 113 cm³/mol. The Hall–Kier alpha value is -2.82. The molecule has 0 aliphatic carbocycles. The lowest BCUT2D eigenvalue weighted by Crippen LogP contribution is -2.31. The number of aromatic nitrogens is 4. The van der Waals surface area contributed by atoms with Gasteiger partial charge in [0.05, 0.1) is 5.02 Å². The minimum absolute atomic E-state index is 0.0593. The van der Waals surface area contributed by atoms with Crippen molar-refractivity contribution in [3.8, 4) is 11.4 Å². The van der Waals surface area contributed by atoms with Crippen LogP contribution in [0.15, 0.2) is 53.4 Å². The second-order valence-corrected chi connectivity index (χ2v) is 8.61. The Kier molecular flexibility index (Phi) is 6.80. The van der Waals surface area contributed by atoms with Gasteiger partial charge in [0.25, 0.3) is 0 Å². The second-order valence-electron chi connectivity index (χ2n) is 6.29. The van der Waals surface area contributed by atoms with Crippen molar-refractivity contribution < 1.29 is 13.2 Å². The molecule has 0 atom stereocenters. The van der Waals surface area contributed by atoms with E-state index >= 15 is 0 Å². The van der Waals surface area contributed by atoms with E-state index < -0.39 is 15.9 Å². The third-order valence-corrected chi connectivity index (χ3v) is 6.84. The van der Waals surface area contributed by atoms with Gasteiger partial charge in [0.15, 0.2) is 0 Å². The van der Waals surface area contributed by atoms with Crippen molar-refractivity contribution >= 4 is 33.2 Å². The molecule has 1 aromatic heterocycles. The zero-order chi connectivity index (χ0) is 21.7. The molecule has 0 bridgehead atoms. The number of sulfonamides is 1. The van der Waals surface area contributed by atoms with E-state index in [-0.39, 0.29) is 16.5 Å². The largest absolute Gasteiger partial charge is 0.324 e. The fourth-order valence-corrected chi connectivity index (χ4v) is 4.78. The van der Waals surface area contributed by atoms with Crippen molar-refractivity contribution in [1.29, 1.82) is 0 Å². The van der Waals surface area contributed by atoms with Crippen molar-refractivity contribution in [3.05, 3.63) is 53.6 Å². The number of halogens is 1. The fraction of sp³-hybridized carbons (Fsp3) is 0.263. The molecule has 2 aromatic carbocycles. The van der Waals surface area contributed by atoms with Crippen molar-refractivity contribution in [3.63, 3.8) is 0 Å². The Bertz CT molecular complexity index is 1130.